The number of carbonyl (C=O) groups excluding carboxylic acids is 1. The summed E-state index contributed by atoms with van der Waals surface area (Å²) in [7, 11) is 1.69. The van der Waals surface area contributed by atoms with Gasteiger partial charge in [0.05, 0.1) is 7.11 Å². The Balaban J connectivity index is 2.01. The van der Waals surface area contributed by atoms with Crippen LogP contribution in [0.15, 0.2) is 24.3 Å². The van der Waals surface area contributed by atoms with E-state index in [4.69, 9.17) is 9.47 Å². The van der Waals surface area contributed by atoms with Gasteiger partial charge in [-0.15, -0.1) is 0 Å². The Morgan fingerprint density at radius 3 is 2.64 bits per heavy atom. The van der Waals surface area contributed by atoms with E-state index in [1.807, 2.05) is 37.8 Å². The van der Waals surface area contributed by atoms with Gasteiger partial charge in [0.15, 0.2) is 0 Å². The van der Waals surface area contributed by atoms with E-state index in [1.165, 1.54) is 5.56 Å². The summed E-state index contributed by atoms with van der Waals surface area (Å²) in [6, 6.07) is 8.41. The maximum Gasteiger partial charge on any atom is 0.410 e. The molecule has 1 saturated heterocycles. The number of rotatable bonds is 2. The second kappa shape index (κ2) is 6.59. The fraction of sp³-hybridized carbons (Fsp3) is 0.611. The number of hydrogen-bond acceptors (Lipinski definition) is 3. The van der Waals surface area contributed by atoms with Crippen molar-refractivity contribution in [2.75, 3.05) is 13.7 Å². The lowest BCUT2D eigenvalue weighted by atomic mass is 9.86. The SMILES string of the molecule is COc1cccc(C2CCN(C(=O)OC(C)(C)C)C(C)C2)c1. The van der Waals surface area contributed by atoms with Crippen molar-refractivity contribution in [3.63, 3.8) is 0 Å². The molecule has 0 radical (unpaired) electrons. The zero-order valence-electron chi connectivity index (χ0n) is 14.3. The lowest BCUT2D eigenvalue weighted by molar-refractivity contribution is 0.0103. The third-order valence-electron chi connectivity index (χ3n) is 4.07. The van der Waals surface area contributed by atoms with E-state index < -0.39 is 5.60 Å². The van der Waals surface area contributed by atoms with Crippen LogP contribution >= 0.6 is 0 Å². The Kier molecular flexibility index (Phi) is 4.99. The molecule has 22 heavy (non-hydrogen) atoms. The highest BCUT2D eigenvalue weighted by Crippen LogP contribution is 2.33. The number of carbonyl (C=O) groups is 1. The summed E-state index contributed by atoms with van der Waals surface area (Å²) in [4.78, 5) is 14.1. The summed E-state index contributed by atoms with van der Waals surface area (Å²) in [6.07, 6.45) is 1.70. The van der Waals surface area contributed by atoms with Crippen LogP contribution in [0.2, 0.25) is 0 Å². The highest BCUT2D eigenvalue weighted by atomic mass is 16.6. The lowest BCUT2D eigenvalue weighted by Crippen LogP contribution is -2.46. The average molecular weight is 305 g/mol. The summed E-state index contributed by atoms with van der Waals surface area (Å²) in [5, 5.41) is 0. The Labute approximate surface area is 133 Å². The normalized spacial score (nSPS) is 22.3. The predicted molar refractivity (Wildman–Crippen MR) is 87.4 cm³/mol. The van der Waals surface area contributed by atoms with Gasteiger partial charge in [0, 0.05) is 12.6 Å². The maximum absolute atomic E-state index is 12.3. The van der Waals surface area contributed by atoms with E-state index in [1.54, 1.807) is 7.11 Å². The minimum atomic E-state index is -0.444. The largest absolute Gasteiger partial charge is 0.497 e. The van der Waals surface area contributed by atoms with Crippen molar-refractivity contribution < 1.29 is 14.3 Å². The number of methoxy groups -OCH3 is 1. The van der Waals surface area contributed by atoms with Crippen LogP contribution in [0.5, 0.6) is 5.75 Å². The third kappa shape index (κ3) is 4.15. The number of piperidine rings is 1. The maximum atomic E-state index is 12.3. The first-order chi connectivity index (χ1) is 10.3. The van der Waals surface area contributed by atoms with E-state index in [0.29, 0.717) is 5.92 Å². The monoisotopic (exact) mass is 305 g/mol. The van der Waals surface area contributed by atoms with Gasteiger partial charge < -0.3 is 14.4 Å². The fourth-order valence-electron chi connectivity index (χ4n) is 2.96. The molecule has 1 fully saturated rings. The minimum absolute atomic E-state index is 0.180. The highest BCUT2D eigenvalue weighted by Gasteiger charge is 2.32. The number of hydrogen-bond donors (Lipinski definition) is 0. The van der Waals surface area contributed by atoms with Crippen LogP contribution in [0.4, 0.5) is 4.79 Å². The molecule has 4 heteroatoms. The van der Waals surface area contributed by atoms with Crippen LogP contribution in [0.3, 0.4) is 0 Å². The Hall–Kier alpha value is -1.71. The summed E-state index contributed by atoms with van der Waals surface area (Å²) >= 11 is 0. The van der Waals surface area contributed by atoms with Crippen molar-refractivity contribution in [3.05, 3.63) is 29.8 Å². The Morgan fingerprint density at radius 1 is 1.32 bits per heavy atom. The molecule has 2 atom stereocenters. The van der Waals surface area contributed by atoms with Crippen molar-refractivity contribution in [2.24, 2.45) is 0 Å². The molecule has 0 saturated carbocycles. The predicted octanol–water partition coefficient (Wildman–Crippen LogP) is 4.20. The van der Waals surface area contributed by atoms with E-state index >= 15 is 0 Å². The second-order valence-corrected chi connectivity index (χ2v) is 7.02. The molecular formula is C18H27NO3. The first kappa shape index (κ1) is 16.7. The van der Waals surface area contributed by atoms with Gasteiger partial charge in [0.2, 0.25) is 0 Å². The van der Waals surface area contributed by atoms with Gasteiger partial charge in [-0.25, -0.2) is 4.79 Å². The smallest absolute Gasteiger partial charge is 0.410 e. The minimum Gasteiger partial charge on any atom is -0.497 e. The second-order valence-electron chi connectivity index (χ2n) is 7.02. The van der Waals surface area contributed by atoms with Gasteiger partial charge in [-0.05, 0) is 64.2 Å². The molecule has 0 bridgehead atoms. The summed E-state index contributed by atoms with van der Waals surface area (Å²) in [5.74, 6) is 1.35. The number of nitrogens with zero attached hydrogens (tertiary/aromatic N) is 1. The molecule has 0 N–H and O–H groups in total. The lowest BCUT2D eigenvalue weighted by Gasteiger charge is -2.38. The standard InChI is InChI=1S/C18H27NO3/c1-13-11-15(14-7-6-8-16(12-14)21-5)9-10-19(13)17(20)22-18(2,3)4/h6-8,12-13,15H,9-11H2,1-5H3. The molecule has 1 aliphatic rings. The topological polar surface area (TPSA) is 38.8 Å². The summed E-state index contributed by atoms with van der Waals surface area (Å²) in [5.41, 5.74) is 0.843. The van der Waals surface area contributed by atoms with Crippen molar-refractivity contribution in [2.45, 2.75) is 58.1 Å². The molecule has 2 unspecified atom stereocenters. The van der Waals surface area contributed by atoms with Gasteiger partial charge >= 0.3 is 6.09 Å². The molecule has 0 aliphatic carbocycles. The quantitative estimate of drug-likeness (QED) is 0.822. The van der Waals surface area contributed by atoms with Crippen molar-refractivity contribution >= 4 is 6.09 Å². The van der Waals surface area contributed by atoms with Gasteiger partial charge in [-0.3, -0.25) is 0 Å². The van der Waals surface area contributed by atoms with E-state index in [-0.39, 0.29) is 12.1 Å². The summed E-state index contributed by atoms with van der Waals surface area (Å²) in [6.45, 7) is 8.53. The first-order valence-corrected chi connectivity index (χ1v) is 7.93. The molecule has 1 aromatic carbocycles. The van der Waals surface area contributed by atoms with Gasteiger partial charge in [-0.1, -0.05) is 12.1 Å². The zero-order chi connectivity index (χ0) is 16.3. The van der Waals surface area contributed by atoms with Gasteiger partial charge in [0.1, 0.15) is 11.4 Å². The van der Waals surface area contributed by atoms with E-state index in [2.05, 4.69) is 19.1 Å². The molecule has 1 aromatic rings. The molecule has 122 valence electrons. The zero-order valence-corrected chi connectivity index (χ0v) is 14.3. The average Bonchev–Trinajstić information content (AvgIpc) is 2.45. The number of likely N-dealkylation sites (tertiary alicyclic amines) is 1. The van der Waals surface area contributed by atoms with Crippen molar-refractivity contribution in [1.82, 2.24) is 4.90 Å². The molecular weight excluding hydrogens is 278 g/mol. The molecule has 0 spiro atoms. The highest BCUT2D eigenvalue weighted by molar-refractivity contribution is 5.68. The van der Waals surface area contributed by atoms with Crippen LogP contribution in [0.25, 0.3) is 0 Å². The van der Waals surface area contributed by atoms with Crippen LogP contribution in [-0.4, -0.2) is 36.3 Å². The molecule has 4 nitrogen and oxygen atoms in total. The van der Waals surface area contributed by atoms with Crippen molar-refractivity contribution in [1.29, 1.82) is 0 Å². The Morgan fingerprint density at radius 2 is 2.05 bits per heavy atom. The van der Waals surface area contributed by atoms with Gasteiger partial charge in [-0.2, -0.15) is 0 Å². The number of amides is 1. The number of benzene rings is 1. The summed E-state index contributed by atoms with van der Waals surface area (Å²) < 4.78 is 10.8. The molecule has 1 heterocycles. The van der Waals surface area contributed by atoms with E-state index in [9.17, 15) is 4.79 Å². The Bertz CT molecular complexity index is 521. The molecule has 1 aliphatic heterocycles. The fourth-order valence-corrected chi connectivity index (χ4v) is 2.96. The van der Waals surface area contributed by atoms with Crippen LogP contribution in [0.1, 0.15) is 52.0 Å². The van der Waals surface area contributed by atoms with E-state index in [0.717, 1.165) is 25.1 Å². The third-order valence-corrected chi connectivity index (χ3v) is 4.07. The molecule has 0 aromatic heterocycles. The first-order valence-electron chi connectivity index (χ1n) is 7.93. The number of ether oxygens (including phenoxy) is 2. The van der Waals surface area contributed by atoms with Gasteiger partial charge in [0.25, 0.3) is 0 Å². The van der Waals surface area contributed by atoms with Crippen LogP contribution in [-0.2, 0) is 4.74 Å². The van der Waals surface area contributed by atoms with Crippen molar-refractivity contribution in [3.8, 4) is 5.75 Å². The van der Waals surface area contributed by atoms with Crippen LogP contribution < -0.4 is 4.74 Å². The molecule has 1 amide bonds. The van der Waals surface area contributed by atoms with Crippen LogP contribution in [0, 0.1) is 0 Å². The molecule has 2 rings (SSSR count).